The second kappa shape index (κ2) is 4.92. The topological polar surface area (TPSA) is 26.0 Å². The quantitative estimate of drug-likeness (QED) is 0.737. The van der Waals surface area contributed by atoms with E-state index in [0.717, 1.165) is 23.1 Å². The summed E-state index contributed by atoms with van der Waals surface area (Å²) < 4.78 is 5.46. The summed E-state index contributed by atoms with van der Waals surface area (Å²) in [7, 11) is 0. The predicted octanol–water partition coefficient (Wildman–Crippen LogP) is 3.21. The van der Waals surface area contributed by atoms with E-state index in [1.54, 1.807) is 17.8 Å². The third kappa shape index (κ3) is 2.49. The van der Waals surface area contributed by atoms with Gasteiger partial charge in [-0.25, -0.2) is 4.98 Å². The van der Waals surface area contributed by atoms with Crippen molar-refractivity contribution in [3.63, 3.8) is 0 Å². The predicted molar refractivity (Wildman–Crippen MR) is 58.5 cm³/mol. The molecule has 13 heavy (non-hydrogen) atoms. The van der Waals surface area contributed by atoms with Crippen LogP contribution in [0.1, 0.15) is 24.3 Å². The molecule has 0 aliphatic heterocycles. The SMILES string of the molecule is C=Cc1oc(CSC)nc1/C=C\C. The van der Waals surface area contributed by atoms with Crippen LogP contribution >= 0.6 is 11.8 Å². The summed E-state index contributed by atoms with van der Waals surface area (Å²) in [5.74, 6) is 2.32. The number of rotatable bonds is 4. The summed E-state index contributed by atoms with van der Waals surface area (Å²) in [5.41, 5.74) is 0.863. The minimum absolute atomic E-state index is 0.752. The molecule has 0 unspecified atom stereocenters. The van der Waals surface area contributed by atoms with Crippen LogP contribution in [0.15, 0.2) is 17.1 Å². The molecule has 0 amide bonds. The normalized spacial score (nSPS) is 10.9. The van der Waals surface area contributed by atoms with Crippen LogP contribution in [0.2, 0.25) is 0 Å². The van der Waals surface area contributed by atoms with E-state index in [0.29, 0.717) is 0 Å². The van der Waals surface area contributed by atoms with Crippen molar-refractivity contribution in [3.8, 4) is 0 Å². The fourth-order valence-corrected chi connectivity index (χ4v) is 1.37. The highest BCUT2D eigenvalue weighted by Crippen LogP contribution is 2.17. The summed E-state index contributed by atoms with van der Waals surface area (Å²) in [4.78, 5) is 4.31. The molecule has 1 aromatic rings. The van der Waals surface area contributed by atoms with E-state index in [1.807, 2.05) is 25.3 Å². The van der Waals surface area contributed by atoms with Crippen molar-refractivity contribution in [1.82, 2.24) is 4.98 Å². The first kappa shape index (κ1) is 10.1. The smallest absolute Gasteiger partial charge is 0.205 e. The average molecular weight is 195 g/mol. The van der Waals surface area contributed by atoms with Crippen LogP contribution in [-0.2, 0) is 5.75 Å². The van der Waals surface area contributed by atoms with Crippen LogP contribution in [0.3, 0.4) is 0 Å². The zero-order chi connectivity index (χ0) is 9.68. The molecule has 0 aliphatic rings. The minimum Gasteiger partial charge on any atom is -0.440 e. The molecule has 0 saturated heterocycles. The monoisotopic (exact) mass is 195 g/mol. The molecule has 1 rings (SSSR count). The summed E-state index contributed by atoms with van der Waals surface area (Å²) in [5, 5.41) is 0. The molecule has 0 radical (unpaired) electrons. The van der Waals surface area contributed by atoms with Gasteiger partial charge in [-0.2, -0.15) is 11.8 Å². The maximum atomic E-state index is 5.46. The molecule has 0 aromatic carbocycles. The summed E-state index contributed by atoms with van der Waals surface area (Å²) in [6, 6.07) is 0. The van der Waals surface area contributed by atoms with E-state index in [1.165, 1.54) is 0 Å². The van der Waals surface area contributed by atoms with E-state index in [4.69, 9.17) is 4.42 Å². The molecule has 1 aromatic heterocycles. The van der Waals surface area contributed by atoms with Crippen LogP contribution in [0.5, 0.6) is 0 Å². The van der Waals surface area contributed by atoms with E-state index in [9.17, 15) is 0 Å². The van der Waals surface area contributed by atoms with Gasteiger partial charge in [0.05, 0.1) is 5.75 Å². The lowest BCUT2D eigenvalue weighted by molar-refractivity contribution is 0.509. The number of oxazole rings is 1. The fraction of sp³-hybridized carbons (Fsp3) is 0.300. The van der Waals surface area contributed by atoms with Gasteiger partial charge in [-0.3, -0.25) is 0 Å². The van der Waals surface area contributed by atoms with Crippen molar-refractivity contribution >= 4 is 23.9 Å². The minimum atomic E-state index is 0.752. The molecule has 3 heteroatoms. The Kier molecular flexibility index (Phi) is 3.83. The fourth-order valence-electron chi connectivity index (χ4n) is 1.00. The van der Waals surface area contributed by atoms with Crippen LogP contribution in [0, 0.1) is 0 Å². The molecule has 2 nitrogen and oxygen atoms in total. The lowest BCUT2D eigenvalue weighted by Crippen LogP contribution is -1.78. The van der Waals surface area contributed by atoms with Gasteiger partial charge >= 0.3 is 0 Å². The van der Waals surface area contributed by atoms with Gasteiger partial charge in [0.25, 0.3) is 0 Å². The Morgan fingerprint density at radius 3 is 2.92 bits per heavy atom. The van der Waals surface area contributed by atoms with Gasteiger partial charge in [-0.05, 0) is 25.3 Å². The van der Waals surface area contributed by atoms with Crippen LogP contribution in [0.4, 0.5) is 0 Å². The molecule has 0 saturated carbocycles. The summed E-state index contributed by atoms with van der Waals surface area (Å²) >= 11 is 1.69. The van der Waals surface area contributed by atoms with Gasteiger partial charge in [0.1, 0.15) is 5.69 Å². The average Bonchev–Trinajstić information content (AvgIpc) is 2.49. The zero-order valence-corrected chi connectivity index (χ0v) is 8.73. The van der Waals surface area contributed by atoms with Crippen molar-refractivity contribution < 1.29 is 4.42 Å². The number of aromatic nitrogens is 1. The third-order valence-corrected chi connectivity index (χ3v) is 2.04. The third-order valence-electron chi connectivity index (χ3n) is 1.50. The summed E-state index contributed by atoms with van der Waals surface area (Å²) in [6.45, 7) is 5.63. The highest BCUT2D eigenvalue weighted by molar-refractivity contribution is 7.97. The van der Waals surface area contributed by atoms with Gasteiger partial charge in [-0.15, -0.1) is 0 Å². The molecule has 1 heterocycles. The Morgan fingerprint density at radius 2 is 2.38 bits per heavy atom. The number of allylic oxidation sites excluding steroid dienone is 1. The second-order valence-electron chi connectivity index (χ2n) is 2.49. The molecular formula is C10H13NOS. The first-order valence-electron chi connectivity index (χ1n) is 4.05. The highest BCUT2D eigenvalue weighted by Gasteiger charge is 2.06. The highest BCUT2D eigenvalue weighted by atomic mass is 32.2. The van der Waals surface area contributed by atoms with Crippen LogP contribution in [0.25, 0.3) is 12.2 Å². The Labute approximate surface area is 82.7 Å². The van der Waals surface area contributed by atoms with Gasteiger partial charge in [0.2, 0.25) is 5.89 Å². The van der Waals surface area contributed by atoms with E-state index < -0.39 is 0 Å². The van der Waals surface area contributed by atoms with Gasteiger partial charge in [0, 0.05) is 0 Å². The Morgan fingerprint density at radius 1 is 1.62 bits per heavy atom. The maximum Gasteiger partial charge on any atom is 0.205 e. The first-order valence-corrected chi connectivity index (χ1v) is 5.45. The molecule has 0 atom stereocenters. The largest absolute Gasteiger partial charge is 0.440 e. The Bertz CT molecular complexity index is 315. The van der Waals surface area contributed by atoms with Crippen molar-refractivity contribution in [3.05, 3.63) is 30.0 Å². The van der Waals surface area contributed by atoms with E-state index in [2.05, 4.69) is 11.6 Å². The molecule has 0 fully saturated rings. The second-order valence-corrected chi connectivity index (χ2v) is 3.36. The molecular weight excluding hydrogens is 182 g/mol. The van der Waals surface area contributed by atoms with Crippen molar-refractivity contribution in [1.29, 1.82) is 0 Å². The number of thioether (sulfide) groups is 1. The Hall–Kier alpha value is -0.960. The first-order chi connectivity index (χ1) is 6.31. The lowest BCUT2D eigenvalue weighted by atomic mass is 10.3. The van der Waals surface area contributed by atoms with Crippen molar-refractivity contribution in [2.45, 2.75) is 12.7 Å². The van der Waals surface area contributed by atoms with Crippen LogP contribution in [-0.4, -0.2) is 11.2 Å². The molecule has 0 aliphatic carbocycles. The molecule has 70 valence electrons. The van der Waals surface area contributed by atoms with E-state index >= 15 is 0 Å². The van der Waals surface area contributed by atoms with E-state index in [-0.39, 0.29) is 0 Å². The summed E-state index contributed by atoms with van der Waals surface area (Å²) in [6.07, 6.45) is 7.57. The number of nitrogens with zero attached hydrogens (tertiary/aromatic N) is 1. The molecule has 0 N–H and O–H groups in total. The van der Waals surface area contributed by atoms with Gasteiger partial charge in [0.15, 0.2) is 5.76 Å². The lowest BCUT2D eigenvalue weighted by Gasteiger charge is -1.86. The van der Waals surface area contributed by atoms with Gasteiger partial charge in [-0.1, -0.05) is 12.7 Å². The standard InChI is InChI=1S/C10H13NOS/c1-4-6-8-9(5-2)12-10(11-8)7-13-3/h4-6H,2,7H2,1,3H3/b6-4-. The zero-order valence-electron chi connectivity index (χ0n) is 7.91. The molecule has 0 bridgehead atoms. The Balaban J connectivity index is 2.96. The van der Waals surface area contributed by atoms with Crippen LogP contribution < -0.4 is 0 Å². The molecule has 0 spiro atoms. The van der Waals surface area contributed by atoms with Crippen molar-refractivity contribution in [2.24, 2.45) is 0 Å². The maximum absolute atomic E-state index is 5.46. The number of hydrogen-bond donors (Lipinski definition) is 0. The van der Waals surface area contributed by atoms with Gasteiger partial charge < -0.3 is 4.42 Å². The number of hydrogen-bond acceptors (Lipinski definition) is 3. The van der Waals surface area contributed by atoms with Crippen molar-refractivity contribution in [2.75, 3.05) is 6.26 Å².